The van der Waals surface area contributed by atoms with E-state index in [1.807, 2.05) is 10.9 Å². The lowest BCUT2D eigenvalue weighted by Crippen LogP contribution is -2.35. The van der Waals surface area contributed by atoms with Crippen molar-refractivity contribution < 1.29 is 17.9 Å². The van der Waals surface area contributed by atoms with E-state index in [2.05, 4.69) is 10.4 Å². The van der Waals surface area contributed by atoms with Crippen molar-refractivity contribution in [3.63, 3.8) is 0 Å². The van der Waals surface area contributed by atoms with Crippen LogP contribution in [0.4, 0.5) is 5.69 Å². The second-order valence-corrected chi connectivity index (χ2v) is 9.43. The molecule has 156 valence electrons. The van der Waals surface area contributed by atoms with Crippen molar-refractivity contribution in [1.82, 2.24) is 14.1 Å². The van der Waals surface area contributed by atoms with Gasteiger partial charge in [0.05, 0.1) is 22.8 Å². The average molecular weight is 419 g/mol. The summed E-state index contributed by atoms with van der Waals surface area (Å²) in [5.41, 5.74) is 1.02. The van der Waals surface area contributed by atoms with Crippen LogP contribution in [0.15, 0.2) is 41.6 Å². The number of amides is 1. The molecule has 2 fully saturated rings. The van der Waals surface area contributed by atoms with Crippen LogP contribution >= 0.6 is 0 Å². The van der Waals surface area contributed by atoms with E-state index in [-0.39, 0.29) is 16.8 Å². The van der Waals surface area contributed by atoms with Gasteiger partial charge in [0.2, 0.25) is 10.0 Å². The number of anilines is 1. The molecular weight excluding hydrogens is 392 g/mol. The smallest absolute Gasteiger partial charge is 0.255 e. The Hall–Kier alpha value is -2.23. The molecule has 0 atom stereocenters. The van der Waals surface area contributed by atoms with Crippen LogP contribution in [0, 0.1) is 0 Å². The Morgan fingerprint density at radius 1 is 1.07 bits per heavy atom. The first-order valence-corrected chi connectivity index (χ1v) is 11.5. The summed E-state index contributed by atoms with van der Waals surface area (Å²) < 4.78 is 34.2. The monoisotopic (exact) mass is 418 g/mol. The van der Waals surface area contributed by atoms with E-state index in [0.29, 0.717) is 24.3 Å². The molecule has 0 bridgehead atoms. The minimum absolute atomic E-state index is 0.225. The summed E-state index contributed by atoms with van der Waals surface area (Å²) in [6, 6.07) is 6.40. The number of nitrogens with zero attached hydrogens (tertiary/aromatic N) is 3. The fourth-order valence-electron chi connectivity index (χ4n) is 3.79. The Bertz CT molecular complexity index is 943. The lowest BCUT2D eigenvalue weighted by molar-refractivity contribution is 0.0662. The Morgan fingerprint density at radius 3 is 2.45 bits per heavy atom. The second kappa shape index (κ2) is 8.64. The topological polar surface area (TPSA) is 93.5 Å². The fraction of sp³-hybridized carbons (Fsp3) is 0.500. The van der Waals surface area contributed by atoms with E-state index in [0.717, 1.165) is 45.3 Å². The van der Waals surface area contributed by atoms with Gasteiger partial charge in [-0.3, -0.25) is 9.48 Å². The molecule has 9 heteroatoms. The van der Waals surface area contributed by atoms with Crippen molar-refractivity contribution in [1.29, 1.82) is 0 Å². The third kappa shape index (κ3) is 4.52. The molecule has 0 spiro atoms. The molecule has 3 heterocycles. The van der Waals surface area contributed by atoms with Crippen molar-refractivity contribution in [2.45, 2.75) is 43.0 Å². The average Bonchev–Trinajstić information content (AvgIpc) is 3.23. The van der Waals surface area contributed by atoms with Gasteiger partial charge < -0.3 is 10.1 Å². The molecule has 4 rings (SSSR count). The third-order valence-electron chi connectivity index (χ3n) is 5.49. The van der Waals surface area contributed by atoms with Gasteiger partial charge in [0.25, 0.3) is 5.91 Å². The summed E-state index contributed by atoms with van der Waals surface area (Å²) in [5.74, 6) is -0.293. The van der Waals surface area contributed by atoms with Crippen LogP contribution < -0.4 is 5.32 Å². The molecule has 8 nitrogen and oxygen atoms in total. The zero-order chi connectivity index (χ0) is 20.3. The lowest BCUT2D eigenvalue weighted by atomic mass is 10.1. The van der Waals surface area contributed by atoms with Crippen molar-refractivity contribution in [2.24, 2.45) is 0 Å². The normalized spacial score (nSPS) is 19.2. The molecule has 0 saturated carbocycles. The number of hydrogen-bond donors (Lipinski definition) is 1. The van der Waals surface area contributed by atoms with E-state index in [9.17, 15) is 13.2 Å². The first-order valence-electron chi connectivity index (χ1n) is 10.1. The van der Waals surface area contributed by atoms with Crippen molar-refractivity contribution >= 4 is 21.6 Å². The quantitative estimate of drug-likeness (QED) is 0.806. The zero-order valence-electron chi connectivity index (χ0n) is 16.3. The maximum absolute atomic E-state index is 12.7. The van der Waals surface area contributed by atoms with Gasteiger partial charge in [-0.2, -0.15) is 9.40 Å². The molecule has 0 radical (unpaired) electrons. The maximum Gasteiger partial charge on any atom is 0.255 e. The zero-order valence-corrected chi connectivity index (χ0v) is 17.1. The lowest BCUT2D eigenvalue weighted by Gasteiger charge is -2.25. The predicted octanol–water partition coefficient (Wildman–Crippen LogP) is 2.66. The molecule has 1 N–H and O–H groups in total. The van der Waals surface area contributed by atoms with Crippen LogP contribution in [0.2, 0.25) is 0 Å². The molecule has 2 saturated heterocycles. The minimum atomic E-state index is -3.49. The van der Waals surface area contributed by atoms with Crippen LogP contribution in [0.25, 0.3) is 0 Å². The highest BCUT2D eigenvalue weighted by Gasteiger charge is 2.26. The van der Waals surface area contributed by atoms with Gasteiger partial charge in [-0.1, -0.05) is 6.42 Å². The number of ether oxygens (including phenoxy) is 1. The SMILES string of the molecule is O=C(Nc1cnn(C2CCOCC2)c1)c1ccc(S(=O)(=O)N2CCCCC2)cc1. The number of carbonyl (C=O) groups excluding carboxylic acids is 1. The second-order valence-electron chi connectivity index (χ2n) is 7.50. The molecule has 2 aliphatic rings. The first-order chi connectivity index (χ1) is 14.0. The van der Waals surface area contributed by atoms with Gasteiger partial charge in [0.1, 0.15) is 0 Å². The summed E-state index contributed by atoms with van der Waals surface area (Å²) in [7, 11) is -3.49. The third-order valence-corrected chi connectivity index (χ3v) is 7.41. The van der Waals surface area contributed by atoms with E-state index >= 15 is 0 Å². The Labute approximate surface area is 170 Å². The van der Waals surface area contributed by atoms with Crippen molar-refractivity contribution in [3.8, 4) is 0 Å². The Balaban J connectivity index is 1.41. The number of aromatic nitrogens is 2. The number of hydrogen-bond acceptors (Lipinski definition) is 5. The van der Waals surface area contributed by atoms with Crippen LogP contribution in [0.1, 0.15) is 48.5 Å². The molecule has 2 aromatic rings. The number of benzene rings is 1. The summed E-state index contributed by atoms with van der Waals surface area (Å²) >= 11 is 0. The number of sulfonamides is 1. The Kier molecular flexibility index (Phi) is 5.98. The van der Waals surface area contributed by atoms with E-state index in [1.54, 1.807) is 18.3 Å². The van der Waals surface area contributed by atoms with Crippen molar-refractivity contribution in [2.75, 3.05) is 31.6 Å². The van der Waals surface area contributed by atoms with Gasteiger partial charge in [0, 0.05) is 38.1 Å². The summed E-state index contributed by atoms with van der Waals surface area (Å²) in [6.45, 7) is 2.56. The molecule has 29 heavy (non-hydrogen) atoms. The van der Waals surface area contributed by atoms with Gasteiger partial charge >= 0.3 is 0 Å². The van der Waals surface area contributed by atoms with Crippen LogP contribution in [-0.2, 0) is 14.8 Å². The number of rotatable bonds is 5. The highest BCUT2D eigenvalue weighted by molar-refractivity contribution is 7.89. The van der Waals surface area contributed by atoms with E-state index in [4.69, 9.17) is 4.74 Å². The highest BCUT2D eigenvalue weighted by Crippen LogP contribution is 2.23. The number of carbonyl (C=O) groups is 1. The van der Waals surface area contributed by atoms with Crippen LogP contribution in [0.5, 0.6) is 0 Å². The van der Waals surface area contributed by atoms with Crippen molar-refractivity contribution in [3.05, 3.63) is 42.2 Å². The van der Waals surface area contributed by atoms with E-state index < -0.39 is 10.0 Å². The predicted molar refractivity (Wildman–Crippen MR) is 108 cm³/mol. The maximum atomic E-state index is 12.7. The summed E-state index contributed by atoms with van der Waals surface area (Å²) in [4.78, 5) is 12.8. The number of piperidine rings is 1. The highest BCUT2D eigenvalue weighted by atomic mass is 32.2. The molecular formula is C20H26N4O4S. The molecule has 2 aliphatic heterocycles. The molecule has 0 unspecified atom stereocenters. The molecule has 1 aromatic heterocycles. The van der Waals surface area contributed by atoms with Gasteiger partial charge in [-0.15, -0.1) is 0 Å². The summed E-state index contributed by atoms with van der Waals surface area (Å²) in [6.07, 6.45) is 8.11. The minimum Gasteiger partial charge on any atom is -0.381 e. The summed E-state index contributed by atoms with van der Waals surface area (Å²) in [5, 5.41) is 7.17. The molecule has 1 aromatic carbocycles. The largest absolute Gasteiger partial charge is 0.381 e. The first kappa shape index (κ1) is 20.1. The van der Waals surface area contributed by atoms with Gasteiger partial charge in [-0.25, -0.2) is 8.42 Å². The van der Waals surface area contributed by atoms with Gasteiger partial charge in [-0.05, 0) is 49.9 Å². The number of nitrogens with one attached hydrogen (secondary N) is 1. The molecule has 1 amide bonds. The van der Waals surface area contributed by atoms with Gasteiger partial charge in [0.15, 0.2) is 0 Å². The fourth-order valence-corrected chi connectivity index (χ4v) is 5.30. The molecule has 0 aliphatic carbocycles. The standard InChI is InChI=1S/C20H26N4O4S/c25-20(22-17-14-21-24(15-17)18-8-12-28-13-9-18)16-4-6-19(7-5-16)29(26,27)23-10-2-1-3-11-23/h4-7,14-15,18H,1-3,8-13H2,(H,22,25). The van der Waals surface area contributed by atoms with E-state index in [1.165, 1.54) is 16.4 Å². The van der Waals surface area contributed by atoms with Crippen LogP contribution in [-0.4, -0.2) is 54.7 Å². The Morgan fingerprint density at radius 2 is 1.76 bits per heavy atom. The van der Waals surface area contributed by atoms with Crippen LogP contribution in [0.3, 0.4) is 0 Å².